The topological polar surface area (TPSA) is 38.0 Å². The van der Waals surface area contributed by atoms with Crippen molar-refractivity contribution in [3.8, 4) is 0 Å². The summed E-state index contributed by atoms with van der Waals surface area (Å²) in [6.07, 6.45) is 5.13. The van der Waals surface area contributed by atoms with Crippen LogP contribution in [0.1, 0.15) is 32.6 Å². The third kappa shape index (κ3) is 6.32. The molecule has 0 aromatic carbocycles. The van der Waals surface area contributed by atoms with E-state index in [1.807, 2.05) is 7.05 Å². The van der Waals surface area contributed by atoms with Crippen LogP contribution < -0.4 is 11.1 Å². The summed E-state index contributed by atoms with van der Waals surface area (Å²) in [5, 5.41) is 3.15. The van der Waals surface area contributed by atoms with Crippen molar-refractivity contribution >= 4 is 0 Å². The Hall–Kier alpha value is -0.0800. The summed E-state index contributed by atoms with van der Waals surface area (Å²) in [5.41, 5.74) is 5.58. The fourth-order valence-corrected chi connectivity index (χ4v) is 1.22. The molecule has 0 radical (unpaired) electrons. The Kier molecular flexibility index (Phi) is 7.96. The highest BCUT2D eigenvalue weighted by atomic mass is 14.8. The van der Waals surface area contributed by atoms with Gasteiger partial charge in [0, 0.05) is 0 Å². The van der Waals surface area contributed by atoms with E-state index in [9.17, 15) is 0 Å². The Bertz CT molecular complexity index is 70.0. The molecule has 0 aliphatic carbocycles. The minimum Gasteiger partial charge on any atom is -0.330 e. The van der Waals surface area contributed by atoms with E-state index in [-0.39, 0.29) is 0 Å². The Balaban J connectivity index is 3.07. The maximum Gasteiger partial charge on any atom is -0.00490 e. The Morgan fingerprint density at radius 3 is 2.55 bits per heavy atom. The molecular formula is C9H22N2. The third-order valence-corrected chi connectivity index (χ3v) is 2.20. The van der Waals surface area contributed by atoms with E-state index in [1.165, 1.54) is 25.7 Å². The summed E-state index contributed by atoms with van der Waals surface area (Å²) in [5.74, 6) is 0.756. The van der Waals surface area contributed by atoms with Gasteiger partial charge >= 0.3 is 0 Å². The van der Waals surface area contributed by atoms with Crippen LogP contribution in [0.25, 0.3) is 0 Å². The maximum atomic E-state index is 5.58. The zero-order chi connectivity index (χ0) is 8.53. The Labute approximate surface area is 70.5 Å². The summed E-state index contributed by atoms with van der Waals surface area (Å²) in [6, 6.07) is 0. The molecule has 3 N–H and O–H groups in total. The second kappa shape index (κ2) is 8.02. The zero-order valence-electron chi connectivity index (χ0n) is 7.90. The Morgan fingerprint density at radius 2 is 2.09 bits per heavy atom. The van der Waals surface area contributed by atoms with Crippen LogP contribution in [0.2, 0.25) is 0 Å². The monoisotopic (exact) mass is 158 g/mol. The van der Waals surface area contributed by atoms with E-state index in [4.69, 9.17) is 5.73 Å². The summed E-state index contributed by atoms with van der Waals surface area (Å²) in [4.78, 5) is 0. The van der Waals surface area contributed by atoms with E-state index < -0.39 is 0 Å². The quantitative estimate of drug-likeness (QED) is 0.549. The second-order valence-corrected chi connectivity index (χ2v) is 3.11. The predicted molar refractivity (Wildman–Crippen MR) is 50.6 cm³/mol. The summed E-state index contributed by atoms with van der Waals surface area (Å²) < 4.78 is 0. The number of nitrogens with one attached hydrogen (secondary N) is 1. The van der Waals surface area contributed by atoms with Crippen LogP contribution in [0, 0.1) is 5.92 Å². The first-order valence-electron chi connectivity index (χ1n) is 4.69. The summed E-state index contributed by atoms with van der Waals surface area (Å²) >= 11 is 0. The van der Waals surface area contributed by atoms with Gasteiger partial charge in [0.25, 0.3) is 0 Å². The van der Waals surface area contributed by atoms with Gasteiger partial charge in [0.15, 0.2) is 0 Å². The highest BCUT2D eigenvalue weighted by Crippen LogP contribution is 2.09. The van der Waals surface area contributed by atoms with E-state index >= 15 is 0 Å². The van der Waals surface area contributed by atoms with Gasteiger partial charge < -0.3 is 11.1 Å². The van der Waals surface area contributed by atoms with Gasteiger partial charge in [-0.3, -0.25) is 0 Å². The first kappa shape index (κ1) is 10.9. The van der Waals surface area contributed by atoms with Crippen LogP contribution >= 0.6 is 0 Å². The average Bonchev–Trinajstić information content (AvgIpc) is 2.05. The first-order chi connectivity index (χ1) is 5.35. The second-order valence-electron chi connectivity index (χ2n) is 3.11. The van der Waals surface area contributed by atoms with Crippen LogP contribution in [0.15, 0.2) is 0 Å². The van der Waals surface area contributed by atoms with E-state index in [1.54, 1.807) is 0 Å². The molecule has 0 fully saturated rings. The molecule has 0 rings (SSSR count). The van der Waals surface area contributed by atoms with Gasteiger partial charge in [-0.05, 0) is 38.9 Å². The van der Waals surface area contributed by atoms with Crippen molar-refractivity contribution < 1.29 is 0 Å². The summed E-state index contributed by atoms with van der Waals surface area (Å²) in [6.45, 7) is 4.21. The number of nitrogens with two attached hydrogens (primary N) is 1. The lowest BCUT2D eigenvalue weighted by Crippen LogP contribution is -2.14. The van der Waals surface area contributed by atoms with Crippen molar-refractivity contribution in [2.45, 2.75) is 32.6 Å². The van der Waals surface area contributed by atoms with Crippen molar-refractivity contribution in [3.63, 3.8) is 0 Å². The third-order valence-electron chi connectivity index (χ3n) is 2.20. The molecule has 2 heteroatoms. The molecule has 2 nitrogen and oxygen atoms in total. The van der Waals surface area contributed by atoms with Crippen molar-refractivity contribution in [2.24, 2.45) is 11.7 Å². The standard InChI is InChI=1S/C9H22N2/c1-3-9(8-10)6-4-5-7-11-2/h9,11H,3-8,10H2,1-2H3. The molecule has 0 aromatic rings. The molecule has 0 heterocycles. The lowest BCUT2D eigenvalue weighted by molar-refractivity contribution is 0.453. The molecule has 0 bridgehead atoms. The Morgan fingerprint density at radius 1 is 1.36 bits per heavy atom. The highest BCUT2D eigenvalue weighted by Gasteiger charge is 2.01. The SMILES string of the molecule is CCC(CN)CCCCNC. The fraction of sp³-hybridized carbons (Fsp3) is 1.00. The molecule has 0 spiro atoms. The van der Waals surface area contributed by atoms with Crippen LogP contribution in [0.3, 0.4) is 0 Å². The maximum absolute atomic E-state index is 5.58. The number of rotatable bonds is 7. The highest BCUT2D eigenvalue weighted by molar-refractivity contribution is 4.57. The molecule has 68 valence electrons. The largest absolute Gasteiger partial charge is 0.330 e. The van der Waals surface area contributed by atoms with Gasteiger partial charge in [0.2, 0.25) is 0 Å². The van der Waals surface area contributed by atoms with Gasteiger partial charge in [0.05, 0.1) is 0 Å². The zero-order valence-corrected chi connectivity index (χ0v) is 7.90. The van der Waals surface area contributed by atoms with Crippen molar-refractivity contribution in [2.75, 3.05) is 20.1 Å². The lowest BCUT2D eigenvalue weighted by Gasteiger charge is -2.10. The first-order valence-corrected chi connectivity index (χ1v) is 4.69. The normalized spacial score (nSPS) is 13.4. The van der Waals surface area contributed by atoms with Gasteiger partial charge in [0.1, 0.15) is 0 Å². The lowest BCUT2D eigenvalue weighted by atomic mass is 10.00. The van der Waals surface area contributed by atoms with E-state index in [0.29, 0.717) is 0 Å². The van der Waals surface area contributed by atoms with Crippen molar-refractivity contribution in [1.29, 1.82) is 0 Å². The van der Waals surface area contributed by atoms with Crippen LogP contribution in [0.4, 0.5) is 0 Å². The minimum absolute atomic E-state index is 0.756. The molecule has 0 saturated heterocycles. The van der Waals surface area contributed by atoms with Crippen molar-refractivity contribution in [3.05, 3.63) is 0 Å². The van der Waals surface area contributed by atoms with Gasteiger partial charge in [-0.15, -0.1) is 0 Å². The average molecular weight is 158 g/mol. The smallest absolute Gasteiger partial charge is 0.00490 e. The summed E-state index contributed by atoms with van der Waals surface area (Å²) in [7, 11) is 2.00. The molecule has 0 saturated carbocycles. The predicted octanol–water partition coefficient (Wildman–Crippen LogP) is 1.36. The number of hydrogen-bond donors (Lipinski definition) is 2. The van der Waals surface area contributed by atoms with Gasteiger partial charge in [-0.2, -0.15) is 0 Å². The van der Waals surface area contributed by atoms with E-state index in [2.05, 4.69) is 12.2 Å². The molecule has 0 aliphatic heterocycles. The molecule has 0 aliphatic rings. The van der Waals surface area contributed by atoms with Gasteiger partial charge in [-0.25, -0.2) is 0 Å². The molecule has 1 atom stereocenters. The number of unbranched alkanes of at least 4 members (excludes halogenated alkanes) is 1. The van der Waals surface area contributed by atoms with Crippen LogP contribution in [0.5, 0.6) is 0 Å². The van der Waals surface area contributed by atoms with Crippen LogP contribution in [-0.4, -0.2) is 20.1 Å². The van der Waals surface area contributed by atoms with Crippen LogP contribution in [-0.2, 0) is 0 Å². The molecule has 11 heavy (non-hydrogen) atoms. The fourth-order valence-electron chi connectivity index (χ4n) is 1.22. The molecule has 1 unspecified atom stereocenters. The molecule has 0 amide bonds. The van der Waals surface area contributed by atoms with E-state index in [0.717, 1.165) is 19.0 Å². The number of hydrogen-bond acceptors (Lipinski definition) is 2. The van der Waals surface area contributed by atoms with Crippen molar-refractivity contribution in [1.82, 2.24) is 5.32 Å². The molecular weight excluding hydrogens is 136 g/mol. The minimum atomic E-state index is 0.756. The van der Waals surface area contributed by atoms with Gasteiger partial charge in [-0.1, -0.05) is 19.8 Å². The molecule has 0 aromatic heterocycles.